The van der Waals surface area contributed by atoms with Crippen LogP contribution in [-0.4, -0.2) is 51.2 Å². The summed E-state index contributed by atoms with van der Waals surface area (Å²) >= 11 is 17.0. The minimum absolute atomic E-state index is 0.0766. The van der Waals surface area contributed by atoms with E-state index in [2.05, 4.69) is 0 Å². The number of benzene rings is 1. The van der Waals surface area contributed by atoms with Crippen LogP contribution in [-0.2, 0) is 20.9 Å². The highest BCUT2D eigenvalue weighted by molar-refractivity contribution is 6.67. The van der Waals surface area contributed by atoms with Crippen LogP contribution in [0, 0.1) is 11.8 Å². The SMILES string of the molecule is O=C(OCC(Cl)(Cl)Cl)[C@@H]1C[C@@H]2C(O)CCC[C@@H]2CN1C(=O)OCc1ccccc1. The van der Waals surface area contributed by atoms with Crippen molar-refractivity contribution in [2.45, 2.75) is 48.2 Å². The average molecular weight is 465 g/mol. The van der Waals surface area contributed by atoms with Crippen LogP contribution < -0.4 is 0 Å². The lowest BCUT2D eigenvalue weighted by Gasteiger charge is -2.46. The summed E-state index contributed by atoms with van der Waals surface area (Å²) in [6.45, 7) is 0.00223. The first-order valence-corrected chi connectivity index (χ1v) is 10.8. The molecule has 1 aromatic rings. The number of halogens is 3. The molecule has 29 heavy (non-hydrogen) atoms. The Morgan fingerprint density at radius 2 is 1.86 bits per heavy atom. The lowest BCUT2D eigenvalue weighted by atomic mass is 9.71. The molecular formula is C20H24Cl3NO5. The minimum Gasteiger partial charge on any atom is -0.460 e. The van der Waals surface area contributed by atoms with Gasteiger partial charge in [0.15, 0.2) is 0 Å². The molecule has 4 atom stereocenters. The van der Waals surface area contributed by atoms with Crippen LogP contribution in [0.2, 0.25) is 0 Å². The summed E-state index contributed by atoms with van der Waals surface area (Å²) in [6, 6.07) is 8.40. The smallest absolute Gasteiger partial charge is 0.410 e. The molecule has 1 heterocycles. The van der Waals surface area contributed by atoms with Gasteiger partial charge in [-0.2, -0.15) is 0 Å². The predicted molar refractivity (Wildman–Crippen MR) is 110 cm³/mol. The molecule has 9 heteroatoms. The van der Waals surface area contributed by atoms with Crippen molar-refractivity contribution in [1.29, 1.82) is 0 Å². The number of fused-ring (bicyclic) bond motifs is 1. The third-order valence-corrected chi connectivity index (χ3v) is 5.89. The molecule has 3 rings (SSSR count). The molecule has 1 aliphatic carbocycles. The summed E-state index contributed by atoms with van der Waals surface area (Å²) in [5, 5.41) is 10.4. The lowest BCUT2D eigenvalue weighted by Crippen LogP contribution is -2.57. The number of aliphatic hydroxyl groups is 1. The Morgan fingerprint density at radius 3 is 2.55 bits per heavy atom. The number of carbonyl (C=O) groups excluding carboxylic acids is 2. The van der Waals surface area contributed by atoms with Crippen LogP contribution in [0.1, 0.15) is 31.2 Å². The molecule has 1 amide bonds. The molecule has 0 bridgehead atoms. The van der Waals surface area contributed by atoms with E-state index in [4.69, 9.17) is 44.3 Å². The standard InChI is InChI=1S/C20H24Cl3NO5/c21-20(22,23)12-29-18(26)16-9-15-14(7-4-8-17(15)25)10-24(16)19(27)28-11-13-5-2-1-3-6-13/h1-3,5-6,14-17,25H,4,7-12H2/t14-,15+,16+,17?/m1/s1. The van der Waals surface area contributed by atoms with E-state index < -0.39 is 34.6 Å². The third-order valence-electron chi connectivity index (χ3n) is 5.57. The van der Waals surface area contributed by atoms with Gasteiger partial charge in [-0.3, -0.25) is 4.90 Å². The summed E-state index contributed by atoms with van der Waals surface area (Å²) in [4.78, 5) is 26.9. The van der Waals surface area contributed by atoms with E-state index in [0.717, 1.165) is 18.4 Å². The van der Waals surface area contributed by atoms with Gasteiger partial charge in [-0.15, -0.1) is 0 Å². The van der Waals surface area contributed by atoms with Crippen molar-refractivity contribution in [3.63, 3.8) is 0 Å². The molecule has 6 nitrogen and oxygen atoms in total. The van der Waals surface area contributed by atoms with Crippen molar-refractivity contribution in [2.75, 3.05) is 13.2 Å². The van der Waals surface area contributed by atoms with Gasteiger partial charge in [-0.05, 0) is 36.7 Å². The van der Waals surface area contributed by atoms with E-state index in [1.54, 1.807) is 0 Å². The van der Waals surface area contributed by atoms with Gasteiger partial charge in [-0.1, -0.05) is 71.6 Å². The fourth-order valence-corrected chi connectivity index (χ4v) is 4.31. The maximum Gasteiger partial charge on any atom is 0.410 e. The van der Waals surface area contributed by atoms with Crippen LogP contribution in [0.3, 0.4) is 0 Å². The molecule has 1 saturated carbocycles. The van der Waals surface area contributed by atoms with Gasteiger partial charge in [-0.25, -0.2) is 9.59 Å². The van der Waals surface area contributed by atoms with Crippen molar-refractivity contribution < 1.29 is 24.2 Å². The van der Waals surface area contributed by atoms with E-state index in [0.29, 0.717) is 19.4 Å². The number of ether oxygens (including phenoxy) is 2. The molecule has 1 aliphatic heterocycles. The normalized spacial score (nSPS) is 27.1. The Kier molecular flexibility index (Phi) is 7.54. The second-order valence-electron chi connectivity index (χ2n) is 7.59. The average Bonchev–Trinajstić information content (AvgIpc) is 2.70. The van der Waals surface area contributed by atoms with Gasteiger partial charge < -0.3 is 14.6 Å². The van der Waals surface area contributed by atoms with Crippen LogP contribution >= 0.6 is 34.8 Å². The van der Waals surface area contributed by atoms with Crippen molar-refractivity contribution in [3.8, 4) is 0 Å². The highest BCUT2D eigenvalue weighted by Gasteiger charge is 2.46. The van der Waals surface area contributed by atoms with Crippen molar-refractivity contribution >= 4 is 46.9 Å². The number of aliphatic hydroxyl groups excluding tert-OH is 1. The van der Waals surface area contributed by atoms with Gasteiger partial charge in [0, 0.05) is 6.54 Å². The summed E-state index contributed by atoms with van der Waals surface area (Å²) in [5.41, 5.74) is 0.846. The first kappa shape index (κ1) is 22.5. The summed E-state index contributed by atoms with van der Waals surface area (Å²) in [7, 11) is 0. The first-order valence-electron chi connectivity index (χ1n) is 9.63. The Balaban J connectivity index is 1.71. The molecule has 0 spiro atoms. The highest BCUT2D eigenvalue weighted by Crippen LogP contribution is 2.39. The third kappa shape index (κ3) is 6.14. The van der Waals surface area contributed by atoms with E-state index in [9.17, 15) is 14.7 Å². The second-order valence-corrected chi connectivity index (χ2v) is 10.1. The van der Waals surface area contributed by atoms with E-state index >= 15 is 0 Å². The van der Waals surface area contributed by atoms with Crippen LogP contribution in [0.5, 0.6) is 0 Å². The second kappa shape index (κ2) is 9.73. The first-order chi connectivity index (χ1) is 13.7. The van der Waals surface area contributed by atoms with E-state index in [1.165, 1.54) is 4.90 Å². The highest BCUT2D eigenvalue weighted by atomic mass is 35.6. The molecule has 2 fully saturated rings. The molecule has 0 aromatic heterocycles. The zero-order valence-corrected chi connectivity index (χ0v) is 18.1. The van der Waals surface area contributed by atoms with Crippen molar-refractivity contribution in [1.82, 2.24) is 4.90 Å². The zero-order chi connectivity index (χ0) is 21.0. The quantitative estimate of drug-likeness (QED) is 0.536. The number of esters is 1. The van der Waals surface area contributed by atoms with Crippen molar-refractivity contribution in [3.05, 3.63) is 35.9 Å². The molecule has 1 saturated heterocycles. The van der Waals surface area contributed by atoms with Crippen LogP contribution in [0.15, 0.2) is 30.3 Å². The fourth-order valence-electron chi connectivity index (χ4n) is 4.15. The molecule has 0 radical (unpaired) electrons. The lowest BCUT2D eigenvalue weighted by molar-refractivity contribution is -0.154. The van der Waals surface area contributed by atoms with Gasteiger partial charge in [0.05, 0.1) is 6.10 Å². The zero-order valence-electron chi connectivity index (χ0n) is 15.8. The Labute approximate surface area is 185 Å². The minimum atomic E-state index is -1.74. The molecule has 1 unspecified atom stereocenters. The number of hydrogen-bond acceptors (Lipinski definition) is 5. The number of hydrogen-bond donors (Lipinski definition) is 1. The molecule has 160 valence electrons. The Bertz CT molecular complexity index is 712. The molecule has 1 N–H and O–H groups in total. The van der Waals surface area contributed by atoms with Gasteiger partial charge >= 0.3 is 12.1 Å². The largest absolute Gasteiger partial charge is 0.460 e. The molecular weight excluding hydrogens is 441 g/mol. The Morgan fingerprint density at radius 1 is 1.14 bits per heavy atom. The topological polar surface area (TPSA) is 76.1 Å². The molecule has 1 aromatic carbocycles. The van der Waals surface area contributed by atoms with Gasteiger partial charge in [0.25, 0.3) is 0 Å². The number of nitrogens with zero attached hydrogens (tertiary/aromatic N) is 1. The summed E-state index contributed by atoms with van der Waals surface area (Å²) in [6.07, 6.45) is 1.67. The number of carbonyl (C=O) groups is 2. The van der Waals surface area contributed by atoms with E-state index in [1.807, 2.05) is 30.3 Å². The predicted octanol–water partition coefficient (Wildman–Crippen LogP) is 4.09. The monoisotopic (exact) mass is 463 g/mol. The van der Waals surface area contributed by atoms with Crippen LogP contribution in [0.4, 0.5) is 4.79 Å². The number of piperidine rings is 1. The van der Waals surface area contributed by atoms with Crippen molar-refractivity contribution in [2.24, 2.45) is 11.8 Å². The number of rotatable bonds is 4. The van der Waals surface area contributed by atoms with Gasteiger partial charge in [0.2, 0.25) is 3.79 Å². The maximum atomic E-state index is 12.8. The number of amides is 1. The maximum absolute atomic E-state index is 12.8. The van der Waals surface area contributed by atoms with Gasteiger partial charge in [0.1, 0.15) is 19.3 Å². The molecule has 2 aliphatic rings. The number of likely N-dealkylation sites (tertiary alicyclic amines) is 1. The van der Waals surface area contributed by atoms with E-state index in [-0.39, 0.29) is 18.4 Å². The summed E-state index contributed by atoms with van der Waals surface area (Å²) in [5.74, 6) is -0.628. The number of alkyl halides is 3. The summed E-state index contributed by atoms with van der Waals surface area (Å²) < 4.78 is 8.84. The Hall–Kier alpha value is -1.21. The fraction of sp³-hybridized carbons (Fsp3) is 0.600. The van der Waals surface area contributed by atoms with Crippen LogP contribution in [0.25, 0.3) is 0 Å².